The van der Waals surface area contributed by atoms with Gasteiger partial charge in [-0.15, -0.1) is 10.2 Å². The predicted octanol–water partition coefficient (Wildman–Crippen LogP) is 1.75. The van der Waals surface area contributed by atoms with Gasteiger partial charge in [0.15, 0.2) is 5.82 Å². The number of fused-ring (bicyclic) bond motifs is 3. The van der Waals surface area contributed by atoms with Crippen LogP contribution in [0.25, 0.3) is 22.4 Å². The Hall–Kier alpha value is -3.03. The summed E-state index contributed by atoms with van der Waals surface area (Å²) in [7, 11) is 0. The molecule has 1 aliphatic heterocycles. The first-order valence-electron chi connectivity index (χ1n) is 9.61. The van der Waals surface area contributed by atoms with Crippen molar-refractivity contribution in [3.8, 4) is 5.69 Å². The van der Waals surface area contributed by atoms with Crippen LogP contribution < -0.4 is 10.9 Å². The minimum Gasteiger partial charge on any atom is -0.314 e. The highest BCUT2D eigenvalue weighted by Crippen LogP contribution is 2.20. The average molecular weight is 374 g/mol. The molecule has 0 unspecified atom stereocenters. The number of benzene rings is 2. The Kier molecular flexibility index (Phi) is 4.18. The van der Waals surface area contributed by atoms with Crippen molar-refractivity contribution in [1.82, 2.24) is 29.4 Å². The molecule has 0 aliphatic carbocycles. The third-order valence-electron chi connectivity index (χ3n) is 5.42. The van der Waals surface area contributed by atoms with Crippen LogP contribution in [0.15, 0.2) is 53.3 Å². The maximum Gasteiger partial charge on any atom is 0.267 e. The third-order valence-corrected chi connectivity index (χ3v) is 5.42. The first kappa shape index (κ1) is 17.1. The zero-order chi connectivity index (χ0) is 19.1. The largest absolute Gasteiger partial charge is 0.314 e. The summed E-state index contributed by atoms with van der Waals surface area (Å²) in [5, 5.41) is 13.0. The van der Waals surface area contributed by atoms with Crippen molar-refractivity contribution in [1.29, 1.82) is 0 Å². The molecule has 1 aliphatic rings. The third kappa shape index (κ3) is 2.71. The molecule has 0 saturated carbocycles. The molecule has 5 rings (SSSR count). The molecular formula is C21H22N6O. The van der Waals surface area contributed by atoms with E-state index in [1.807, 2.05) is 59.9 Å². The molecule has 7 heteroatoms. The molecule has 7 nitrogen and oxygen atoms in total. The molecule has 0 spiro atoms. The fraction of sp³-hybridized carbons (Fsp3) is 0.286. The van der Waals surface area contributed by atoms with Gasteiger partial charge in [0.2, 0.25) is 5.78 Å². The SMILES string of the molecule is Cc1ccccc1-n1c(=O)c2ccccc2n2c(CN3CCNCC3)nnc12. The van der Waals surface area contributed by atoms with Crippen molar-refractivity contribution in [2.75, 3.05) is 26.2 Å². The summed E-state index contributed by atoms with van der Waals surface area (Å²) in [6, 6.07) is 15.6. The highest BCUT2D eigenvalue weighted by atomic mass is 16.1. The summed E-state index contributed by atoms with van der Waals surface area (Å²) in [5.41, 5.74) is 2.64. The van der Waals surface area contributed by atoms with Gasteiger partial charge in [-0.2, -0.15) is 0 Å². The van der Waals surface area contributed by atoms with Crippen LogP contribution in [0.2, 0.25) is 0 Å². The molecule has 2 aromatic heterocycles. The van der Waals surface area contributed by atoms with Crippen molar-refractivity contribution in [2.45, 2.75) is 13.5 Å². The number of piperazine rings is 1. The first-order valence-corrected chi connectivity index (χ1v) is 9.61. The lowest BCUT2D eigenvalue weighted by molar-refractivity contribution is 0.227. The molecule has 142 valence electrons. The number of aryl methyl sites for hydroxylation is 1. The van der Waals surface area contributed by atoms with E-state index in [0.717, 1.165) is 48.8 Å². The quantitative estimate of drug-likeness (QED) is 0.592. The Balaban J connectivity index is 1.79. The lowest BCUT2D eigenvalue weighted by Gasteiger charge is -2.26. The molecule has 0 bridgehead atoms. The molecule has 2 aromatic carbocycles. The second kappa shape index (κ2) is 6.85. The smallest absolute Gasteiger partial charge is 0.267 e. The molecule has 1 saturated heterocycles. The topological polar surface area (TPSA) is 67.5 Å². The van der Waals surface area contributed by atoms with Crippen molar-refractivity contribution in [3.63, 3.8) is 0 Å². The van der Waals surface area contributed by atoms with Crippen LogP contribution in [0.5, 0.6) is 0 Å². The highest BCUT2D eigenvalue weighted by Gasteiger charge is 2.20. The van der Waals surface area contributed by atoms with E-state index in [4.69, 9.17) is 0 Å². The van der Waals surface area contributed by atoms with Crippen LogP contribution in [-0.4, -0.2) is 50.2 Å². The second-order valence-corrected chi connectivity index (χ2v) is 7.22. The molecule has 4 aromatic rings. The van der Waals surface area contributed by atoms with Crippen LogP contribution in [0.4, 0.5) is 0 Å². The summed E-state index contributed by atoms with van der Waals surface area (Å²) in [6.07, 6.45) is 0. The summed E-state index contributed by atoms with van der Waals surface area (Å²) >= 11 is 0. The van der Waals surface area contributed by atoms with Gasteiger partial charge < -0.3 is 5.32 Å². The van der Waals surface area contributed by atoms with E-state index in [2.05, 4.69) is 20.4 Å². The van der Waals surface area contributed by atoms with Crippen LogP contribution in [0.3, 0.4) is 0 Å². The molecule has 1 N–H and O–H groups in total. The van der Waals surface area contributed by atoms with Crippen LogP contribution in [-0.2, 0) is 6.54 Å². The highest BCUT2D eigenvalue weighted by molar-refractivity contribution is 5.81. The molecule has 0 radical (unpaired) electrons. The normalized spacial score (nSPS) is 15.5. The fourth-order valence-corrected chi connectivity index (χ4v) is 3.96. The van der Waals surface area contributed by atoms with E-state index in [1.54, 1.807) is 4.57 Å². The van der Waals surface area contributed by atoms with E-state index >= 15 is 0 Å². The fourth-order valence-electron chi connectivity index (χ4n) is 3.96. The zero-order valence-corrected chi connectivity index (χ0v) is 15.8. The van der Waals surface area contributed by atoms with Crippen molar-refractivity contribution in [3.05, 3.63) is 70.3 Å². The molecule has 0 amide bonds. The lowest BCUT2D eigenvalue weighted by Crippen LogP contribution is -2.43. The summed E-state index contributed by atoms with van der Waals surface area (Å²) in [5.74, 6) is 1.42. The Bertz CT molecular complexity index is 1220. The monoisotopic (exact) mass is 374 g/mol. The lowest BCUT2D eigenvalue weighted by atomic mass is 10.2. The average Bonchev–Trinajstić information content (AvgIpc) is 3.14. The molecule has 28 heavy (non-hydrogen) atoms. The van der Waals surface area contributed by atoms with E-state index in [9.17, 15) is 4.79 Å². The number of aromatic nitrogens is 4. The van der Waals surface area contributed by atoms with Gasteiger partial charge in [0.05, 0.1) is 23.1 Å². The Morgan fingerprint density at radius 3 is 2.57 bits per heavy atom. The first-order chi connectivity index (χ1) is 13.7. The summed E-state index contributed by atoms with van der Waals surface area (Å²) in [6.45, 7) is 6.62. The van der Waals surface area contributed by atoms with E-state index < -0.39 is 0 Å². The molecule has 1 fully saturated rings. The van der Waals surface area contributed by atoms with Crippen LogP contribution >= 0.6 is 0 Å². The van der Waals surface area contributed by atoms with Crippen molar-refractivity contribution < 1.29 is 0 Å². The number of nitrogens with one attached hydrogen (secondary N) is 1. The molecule has 0 atom stereocenters. The van der Waals surface area contributed by atoms with Gasteiger partial charge in [0.1, 0.15) is 0 Å². The number of rotatable bonds is 3. The van der Waals surface area contributed by atoms with Gasteiger partial charge in [-0.1, -0.05) is 30.3 Å². The molecule has 3 heterocycles. The second-order valence-electron chi connectivity index (χ2n) is 7.22. The Morgan fingerprint density at radius 1 is 1.00 bits per heavy atom. The minimum absolute atomic E-state index is 0.0708. The Labute approximate surface area is 162 Å². The van der Waals surface area contributed by atoms with Crippen LogP contribution in [0, 0.1) is 6.92 Å². The molecular weight excluding hydrogens is 352 g/mol. The van der Waals surface area contributed by atoms with Crippen molar-refractivity contribution >= 4 is 16.7 Å². The van der Waals surface area contributed by atoms with Gasteiger partial charge in [-0.05, 0) is 30.7 Å². The van der Waals surface area contributed by atoms with Gasteiger partial charge in [0.25, 0.3) is 5.56 Å². The van der Waals surface area contributed by atoms with Gasteiger partial charge in [-0.25, -0.2) is 4.57 Å². The predicted molar refractivity (Wildman–Crippen MR) is 109 cm³/mol. The van der Waals surface area contributed by atoms with Gasteiger partial charge in [-0.3, -0.25) is 14.1 Å². The van der Waals surface area contributed by atoms with Gasteiger partial charge >= 0.3 is 0 Å². The van der Waals surface area contributed by atoms with Gasteiger partial charge in [0, 0.05) is 26.2 Å². The van der Waals surface area contributed by atoms with Crippen molar-refractivity contribution in [2.24, 2.45) is 0 Å². The van der Waals surface area contributed by atoms with Crippen LogP contribution in [0.1, 0.15) is 11.4 Å². The number of hydrogen-bond donors (Lipinski definition) is 1. The number of hydrogen-bond acceptors (Lipinski definition) is 5. The van der Waals surface area contributed by atoms with E-state index in [1.165, 1.54) is 0 Å². The minimum atomic E-state index is -0.0708. The maximum atomic E-state index is 13.4. The maximum absolute atomic E-state index is 13.4. The van der Waals surface area contributed by atoms with E-state index in [0.29, 0.717) is 17.7 Å². The standard InChI is InChI=1S/C21H22N6O/c1-15-6-2-4-8-17(15)27-20(28)16-7-3-5-9-18(16)26-19(23-24-21(26)27)14-25-12-10-22-11-13-25/h2-9,22H,10-14H2,1H3. The number of nitrogens with zero attached hydrogens (tertiary/aromatic N) is 5. The zero-order valence-electron chi connectivity index (χ0n) is 15.8. The van der Waals surface area contributed by atoms with E-state index in [-0.39, 0.29) is 5.56 Å². The number of para-hydroxylation sites is 2. The Morgan fingerprint density at radius 2 is 1.75 bits per heavy atom. The summed E-state index contributed by atoms with van der Waals surface area (Å²) < 4.78 is 3.72. The summed E-state index contributed by atoms with van der Waals surface area (Å²) in [4.78, 5) is 15.7.